The van der Waals surface area contributed by atoms with Gasteiger partial charge in [0.15, 0.2) is 0 Å². The van der Waals surface area contributed by atoms with Crippen molar-refractivity contribution >= 4 is 17.7 Å². The molecule has 0 radical (unpaired) electrons. The van der Waals surface area contributed by atoms with Gasteiger partial charge < -0.3 is 4.90 Å². The molecule has 1 aromatic carbocycles. The Hall–Kier alpha value is -2.17. The molecular weight excluding hydrogens is 352 g/mol. The number of carbonyl (C=O) groups excluding carboxylic acids is 3. The summed E-state index contributed by atoms with van der Waals surface area (Å²) in [5, 5.41) is 0. The Morgan fingerprint density at radius 3 is 2.32 bits per heavy atom. The molecule has 0 aromatic heterocycles. The minimum Gasteiger partial charge on any atom is -0.343 e. The standard InChI is InChI=1S/C23H32N2O3/c1-3-24(4-2)20(26)15-23(19-13-9-6-10-14-19)16-21(27)25(22(23)28)17-18-11-7-5-8-12-18/h6,9-10,13-14,18H,3-5,7-8,11-12,15-17H2,1-2H3. The van der Waals surface area contributed by atoms with Gasteiger partial charge in [-0.3, -0.25) is 19.3 Å². The molecule has 5 nitrogen and oxygen atoms in total. The fraction of sp³-hybridized carbons (Fsp3) is 0.609. The lowest BCUT2D eigenvalue weighted by molar-refractivity contribution is -0.143. The van der Waals surface area contributed by atoms with E-state index in [1.807, 2.05) is 44.2 Å². The molecule has 1 unspecified atom stereocenters. The van der Waals surface area contributed by atoms with E-state index >= 15 is 0 Å². The van der Waals surface area contributed by atoms with Gasteiger partial charge in [-0.2, -0.15) is 0 Å². The van der Waals surface area contributed by atoms with E-state index in [0.29, 0.717) is 25.6 Å². The Bertz CT molecular complexity index is 708. The van der Waals surface area contributed by atoms with Gasteiger partial charge in [-0.25, -0.2) is 0 Å². The van der Waals surface area contributed by atoms with Gasteiger partial charge in [0.05, 0.1) is 5.41 Å². The van der Waals surface area contributed by atoms with Crippen LogP contribution in [0.4, 0.5) is 0 Å². The number of imide groups is 1. The predicted octanol–water partition coefficient (Wildman–Crippen LogP) is 3.52. The maximum Gasteiger partial charge on any atom is 0.240 e. The zero-order valence-corrected chi connectivity index (χ0v) is 17.2. The number of carbonyl (C=O) groups is 3. The van der Waals surface area contributed by atoms with Gasteiger partial charge in [0, 0.05) is 32.5 Å². The third-order valence-corrected chi connectivity index (χ3v) is 6.47. The second-order valence-corrected chi connectivity index (χ2v) is 8.18. The fourth-order valence-electron chi connectivity index (χ4n) is 4.78. The van der Waals surface area contributed by atoms with E-state index in [2.05, 4.69) is 0 Å². The van der Waals surface area contributed by atoms with Crippen LogP contribution in [0.3, 0.4) is 0 Å². The summed E-state index contributed by atoms with van der Waals surface area (Å²) in [7, 11) is 0. The Kier molecular flexibility index (Phi) is 6.53. The van der Waals surface area contributed by atoms with E-state index in [1.165, 1.54) is 24.2 Å². The van der Waals surface area contributed by atoms with Crippen LogP contribution in [0.5, 0.6) is 0 Å². The van der Waals surface area contributed by atoms with E-state index in [1.54, 1.807) is 4.90 Å². The minimum atomic E-state index is -1.06. The molecule has 152 valence electrons. The molecule has 0 N–H and O–H groups in total. The van der Waals surface area contributed by atoms with E-state index in [4.69, 9.17) is 0 Å². The molecule has 1 aromatic rings. The normalized spacial score (nSPS) is 23.3. The minimum absolute atomic E-state index is 0.0600. The Morgan fingerprint density at radius 1 is 1.07 bits per heavy atom. The molecule has 1 aliphatic carbocycles. The lowest BCUT2D eigenvalue weighted by Crippen LogP contribution is -2.44. The molecule has 2 aliphatic rings. The number of likely N-dealkylation sites (tertiary alicyclic amines) is 1. The van der Waals surface area contributed by atoms with Crippen LogP contribution in [-0.4, -0.2) is 47.2 Å². The van der Waals surface area contributed by atoms with Crippen LogP contribution < -0.4 is 0 Å². The van der Waals surface area contributed by atoms with Crippen LogP contribution in [0.15, 0.2) is 30.3 Å². The summed E-state index contributed by atoms with van der Waals surface area (Å²) in [6.45, 7) is 5.59. The SMILES string of the molecule is CCN(CC)C(=O)CC1(c2ccccc2)CC(=O)N(CC2CCCCC2)C1=O. The van der Waals surface area contributed by atoms with Gasteiger partial charge in [-0.15, -0.1) is 0 Å². The highest BCUT2D eigenvalue weighted by Crippen LogP contribution is 2.41. The summed E-state index contributed by atoms with van der Waals surface area (Å²) in [6.07, 6.45) is 5.89. The van der Waals surface area contributed by atoms with E-state index in [-0.39, 0.29) is 30.6 Å². The molecule has 0 bridgehead atoms. The zero-order valence-electron chi connectivity index (χ0n) is 17.2. The highest BCUT2D eigenvalue weighted by Gasteiger charge is 2.54. The van der Waals surface area contributed by atoms with Crippen molar-refractivity contribution in [3.05, 3.63) is 35.9 Å². The predicted molar refractivity (Wildman–Crippen MR) is 109 cm³/mol. The van der Waals surface area contributed by atoms with Crippen molar-refractivity contribution < 1.29 is 14.4 Å². The first kappa shape index (κ1) is 20.6. The van der Waals surface area contributed by atoms with Crippen molar-refractivity contribution in [2.75, 3.05) is 19.6 Å². The van der Waals surface area contributed by atoms with Crippen molar-refractivity contribution in [3.63, 3.8) is 0 Å². The Morgan fingerprint density at radius 2 is 1.71 bits per heavy atom. The first-order valence-electron chi connectivity index (χ1n) is 10.7. The van der Waals surface area contributed by atoms with E-state index < -0.39 is 5.41 Å². The summed E-state index contributed by atoms with van der Waals surface area (Å²) in [5.41, 5.74) is -0.285. The van der Waals surface area contributed by atoms with Gasteiger partial charge in [0.2, 0.25) is 17.7 Å². The highest BCUT2D eigenvalue weighted by atomic mass is 16.2. The van der Waals surface area contributed by atoms with Gasteiger partial charge in [-0.1, -0.05) is 49.6 Å². The molecule has 0 spiro atoms. The summed E-state index contributed by atoms with van der Waals surface area (Å²) in [5.74, 6) is 0.0165. The third kappa shape index (κ3) is 3.98. The topological polar surface area (TPSA) is 57.7 Å². The summed E-state index contributed by atoms with van der Waals surface area (Å²) in [6, 6.07) is 9.40. The van der Waals surface area contributed by atoms with Crippen molar-refractivity contribution in [1.29, 1.82) is 0 Å². The average molecular weight is 385 g/mol. The molecule has 3 rings (SSSR count). The second kappa shape index (κ2) is 8.89. The van der Waals surface area contributed by atoms with Crippen molar-refractivity contribution in [2.45, 2.75) is 64.2 Å². The van der Waals surface area contributed by atoms with Gasteiger partial charge >= 0.3 is 0 Å². The van der Waals surface area contributed by atoms with E-state index in [0.717, 1.165) is 18.4 Å². The van der Waals surface area contributed by atoms with Crippen LogP contribution in [-0.2, 0) is 19.8 Å². The molecule has 2 fully saturated rings. The molecule has 5 heteroatoms. The fourth-order valence-corrected chi connectivity index (χ4v) is 4.78. The average Bonchev–Trinajstić information content (AvgIpc) is 2.95. The summed E-state index contributed by atoms with van der Waals surface area (Å²) < 4.78 is 0. The first-order chi connectivity index (χ1) is 13.5. The molecule has 1 saturated carbocycles. The number of nitrogens with zero attached hydrogens (tertiary/aromatic N) is 2. The molecule has 28 heavy (non-hydrogen) atoms. The number of hydrogen-bond donors (Lipinski definition) is 0. The molecule has 3 amide bonds. The second-order valence-electron chi connectivity index (χ2n) is 8.18. The third-order valence-electron chi connectivity index (χ3n) is 6.47. The quantitative estimate of drug-likeness (QED) is 0.676. The monoisotopic (exact) mass is 384 g/mol. The van der Waals surface area contributed by atoms with Gasteiger partial charge in [0.25, 0.3) is 0 Å². The van der Waals surface area contributed by atoms with Crippen LogP contribution in [0.25, 0.3) is 0 Å². The van der Waals surface area contributed by atoms with Gasteiger partial charge in [0.1, 0.15) is 0 Å². The maximum absolute atomic E-state index is 13.6. The van der Waals surface area contributed by atoms with Crippen LogP contribution >= 0.6 is 0 Å². The van der Waals surface area contributed by atoms with Crippen molar-refractivity contribution in [2.24, 2.45) is 5.92 Å². The largest absolute Gasteiger partial charge is 0.343 e. The van der Waals surface area contributed by atoms with Crippen molar-refractivity contribution in [3.8, 4) is 0 Å². The highest BCUT2D eigenvalue weighted by molar-refractivity contribution is 6.10. The molecular formula is C23H32N2O3. The molecule has 1 heterocycles. The van der Waals surface area contributed by atoms with Gasteiger partial charge in [-0.05, 0) is 38.2 Å². The van der Waals surface area contributed by atoms with Crippen molar-refractivity contribution in [1.82, 2.24) is 9.80 Å². The Labute approximate surface area is 168 Å². The summed E-state index contributed by atoms with van der Waals surface area (Å²) in [4.78, 5) is 42.6. The van der Waals surface area contributed by atoms with Crippen LogP contribution in [0.2, 0.25) is 0 Å². The van der Waals surface area contributed by atoms with Crippen LogP contribution in [0, 0.1) is 5.92 Å². The molecule has 1 atom stereocenters. The lowest BCUT2D eigenvalue weighted by atomic mass is 9.75. The lowest BCUT2D eigenvalue weighted by Gasteiger charge is -2.31. The summed E-state index contributed by atoms with van der Waals surface area (Å²) >= 11 is 0. The smallest absolute Gasteiger partial charge is 0.240 e. The number of rotatable bonds is 7. The van der Waals surface area contributed by atoms with E-state index in [9.17, 15) is 14.4 Å². The van der Waals surface area contributed by atoms with Crippen LogP contribution in [0.1, 0.15) is 64.4 Å². The molecule has 1 saturated heterocycles. The Balaban J connectivity index is 1.89. The first-order valence-corrected chi connectivity index (χ1v) is 10.7. The molecule has 1 aliphatic heterocycles. The number of hydrogen-bond acceptors (Lipinski definition) is 3. The zero-order chi connectivity index (χ0) is 20.1. The number of benzene rings is 1. The maximum atomic E-state index is 13.6. The number of amides is 3.